The molecule has 1 saturated heterocycles. The predicted octanol–water partition coefficient (Wildman–Crippen LogP) is 2.73. The van der Waals surface area contributed by atoms with Crippen LogP contribution in [-0.2, 0) is 19.9 Å². The van der Waals surface area contributed by atoms with Gasteiger partial charge in [0.25, 0.3) is 10.0 Å². The number of anilines is 2. The van der Waals surface area contributed by atoms with Crippen molar-refractivity contribution in [3.05, 3.63) is 73.2 Å². The van der Waals surface area contributed by atoms with Gasteiger partial charge < -0.3 is 4.90 Å². The van der Waals surface area contributed by atoms with Gasteiger partial charge in [0, 0.05) is 24.8 Å². The maximum Gasteiger partial charge on any atom is 0.261 e. The fourth-order valence-electron chi connectivity index (χ4n) is 3.74. The minimum absolute atomic E-state index is 0.101. The molecule has 1 fully saturated rings. The average Bonchev–Trinajstić information content (AvgIpc) is 2.84. The Hall–Kier alpha value is -3.57. The van der Waals surface area contributed by atoms with Crippen LogP contribution in [0.1, 0.15) is 0 Å². The second kappa shape index (κ2) is 8.65. The summed E-state index contributed by atoms with van der Waals surface area (Å²) >= 11 is 0. The van der Waals surface area contributed by atoms with E-state index in [1.807, 2.05) is 23.1 Å². The molecule has 0 radical (unpaired) electrons. The van der Waals surface area contributed by atoms with E-state index in [0.717, 1.165) is 5.56 Å². The number of nitrogens with one attached hydrogen (secondary N) is 1. The van der Waals surface area contributed by atoms with E-state index in [4.69, 9.17) is 4.98 Å². The average molecular weight is 496 g/mol. The topological polar surface area (TPSA) is 122 Å². The van der Waals surface area contributed by atoms with Crippen LogP contribution in [-0.4, -0.2) is 56.4 Å². The number of sulfonamides is 1. The van der Waals surface area contributed by atoms with Crippen molar-refractivity contribution in [1.29, 1.82) is 0 Å². The Balaban J connectivity index is 1.43. The molecule has 11 heteroatoms. The lowest BCUT2D eigenvalue weighted by atomic mass is 10.1. The molecule has 2 aromatic heterocycles. The van der Waals surface area contributed by atoms with E-state index in [0.29, 0.717) is 41.2 Å². The highest BCUT2D eigenvalue weighted by molar-refractivity contribution is 7.92. The van der Waals surface area contributed by atoms with Crippen LogP contribution in [0.15, 0.2) is 78.1 Å². The summed E-state index contributed by atoms with van der Waals surface area (Å²) in [5.74, 6) is 0.829. The standard InChI is InChI=1S/C23H21N5O4S2/c29-33(30)10-8-28(9-11-33)23-16-25-21-7-6-17(13-22(21)26-23)18-12-19(15-24-14-18)27-34(31,32)20-4-2-1-3-5-20/h1-7,12-16,27H,8-11H2. The van der Waals surface area contributed by atoms with E-state index in [-0.39, 0.29) is 16.4 Å². The van der Waals surface area contributed by atoms with Gasteiger partial charge in [0.05, 0.1) is 45.5 Å². The van der Waals surface area contributed by atoms with Crippen LogP contribution in [0.5, 0.6) is 0 Å². The normalized spacial score (nSPS) is 15.8. The number of fused-ring (bicyclic) bond motifs is 1. The summed E-state index contributed by atoms with van der Waals surface area (Å²) < 4.78 is 51.3. The molecule has 0 unspecified atom stereocenters. The molecule has 0 spiro atoms. The molecule has 2 aromatic carbocycles. The fourth-order valence-corrected chi connectivity index (χ4v) is 6.00. The lowest BCUT2D eigenvalue weighted by molar-refractivity contribution is 0.586. The Morgan fingerprint density at radius 3 is 2.38 bits per heavy atom. The summed E-state index contributed by atoms with van der Waals surface area (Å²) in [4.78, 5) is 15.4. The first kappa shape index (κ1) is 22.2. The first-order valence-corrected chi connectivity index (χ1v) is 13.9. The molecule has 0 atom stereocenters. The largest absolute Gasteiger partial charge is 0.353 e. The second-order valence-electron chi connectivity index (χ2n) is 7.95. The van der Waals surface area contributed by atoms with E-state index in [1.165, 1.54) is 18.3 Å². The van der Waals surface area contributed by atoms with Crippen molar-refractivity contribution < 1.29 is 16.8 Å². The van der Waals surface area contributed by atoms with E-state index >= 15 is 0 Å². The van der Waals surface area contributed by atoms with Gasteiger partial charge >= 0.3 is 0 Å². The summed E-state index contributed by atoms with van der Waals surface area (Å²) in [6, 6.07) is 15.4. The van der Waals surface area contributed by atoms with Crippen LogP contribution in [0.2, 0.25) is 0 Å². The first-order valence-electron chi connectivity index (χ1n) is 10.5. The van der Waals surface area contributed by atoms with Crippen LogP contribution < -0.4 is 9.62 Å². The Kier molecular flexibility index (Phi) is 5.66. The van der Waals surface area contributed by atoms with Crippen molar-refractivity contribution in [2.24, 2.45) is 0 Å². The third kappa shape index (κ3) is 4.70. The van der Waals surface area contributed by atoms with E-state index in [2.05, 4.69) is 14.7 Å². The molecule has 0 amide bonds. The van der Waals surface area contributed by atoms with Crippen molar-refractivity contribution in [3.8, 4) is 11.1 Å². The molecular formula is C23H21N5O4S2. The van der Waals surface area contributed by atoms with Gasteiger partial charge in [-0.2, -0.15) is 0 Å². The summed E-state index contributed by atoms with van der Waals surface area (Å²) in [6.07, 6.45) is 4.75. The number of aromatic nitrogens is 3. The molecule has 3 heterocycles. The third-order valence-corrected chi connectivity index (χ3v) is 8.58. The minimum Gasteiger partial charge on any atom is -0.353 e. The zero-order valence-corrected chi connectivity index (χ0v) is 19.6. The van der Waals surface area contributed by atoms with Gasteiger partial charge in [-0.05, 0) is 35.9 Å². The number of hydrogen-bond acceptors (Lipinski definition) is 8. The lowest BCUT2D eigenvalue weighted by Gasteiger charge is -2.27. The SMILES string of the molecule is O=S1(=O)CCN(c2cnc3ccc(-c4cncc(NS(=O)(=O)c5ccccc5)c4)cc3n2)CC1. The van der Waals surface area contributed by atoms with Crippen molar-refractivity contribution in [2.45, 2.75) is 4.90 Å². The molecule has 1 aliphatic rings. The van der Waals surface area contributed by atoms with Crippen LogP contribution >= 0.6 is 0 Å². The maximum absolute atomic E-state index is 12.7. The number of benzene rings is 2. The highest BCUT2D eigenvalue weighted by Crippen LogP contribution is 2.26. The number of rotatable bonds is 5. The fraction of sp³-hybridized carbons (Fsp3) is 0.174. The highest BCUT2D eigenvalue weighted by Gasteiger charge is 2.23. The Morgan fingerprint density at radius 1 is 0.853 bits per heavy atom. The molecule has 4 aromatic rings. The maximum atomic E-state index is 12.7. The van der Waals surface area contributed by atoms with Crippen molar-refractivity contribution in [1.82, 2.24) is 15.0 Å². The van der Waals surface area contributed by atoms with Gasteiger partial charge in [-0.25, -0.2) is 21.8 Å². The summed E-state index contributed by atoms with van der Waals surface area (Å²) in [5.41, 5.74) is 3.21. The summed E-state index contributed by atoms with van der Waals surface area (Å²) in [6.45, 7) is 0.769. The quantitative estimate of drug-likeness (QED) is 0.448. The van der Waals surface area contributed by atoms with Crippen molar-refractivity contribution >= 4 is 42.4 Å². The zero-order chi connectivity index (χ0) is 23.8. The van der Waals surface area contributed by atoms with Crippen LogP contribution in [0.3, 0.4) is 0 Å². The molecule has 174 valence electrons. The van der Waals surface area contributed by atoms with Crippen LogP contribution in [0.25, 0.3) is 22.2 Å². The summed E-state index contributed by atoms with van der Waals surface area (Å²) in [7, 11) is -6.72. The number of sulfone groups is 1. The zero-order valence-electron chi connectivity index (χ0n) is 18.0. The van der Waals surface area contributed by atoms with E-state index in [1.54, 1.807) is 36.7 Å². The van der Waals surface area contributed by atoms with Gasteiger partial charge in [0.2, 0.25) is 0 Å². The molecule has 0 bridgehead atoms. The van der Waals surface area contributed by atoms with Gasteiger partial charge in [0.15, 0.2) is 9.84 Å². The molecule has 9 nitrogen and oxygen atoms in total. The smallest absolute Gasteiger partial charge is 0.261 e. The monoisotopic (exact) mass is 495 g/mol. The molecule has 34 heavy (non-hydrogen) atoms. The molecule has 5 rings (SSSR count). The van der Waals surface area contributed by atoms with Crippen LogP contribution in [0.4, 0.5) is 11.5 Å². The van der Waals surface area contributed by atoms with E-state index < -0.39 is 19.9 Å². The van der Waals surface area contributed by atoms with Gasteiger partial charge in [-0.3, -0.25) is 14.7 Å². The molecule has 1 aliphatic heterocycles. The first-order chi connectivity index (χ1) is 16.3. The predicted molar refractivity (Wildman–Crippen MR) is 131 cm³/mol. The molecule has 1 N–H and O–H groups in total. The van der Waals surface area contributed by atoms with Gasteiger partial charge in [-0.15, -0.1) is 0 Å². The van der Waals surface area contributed by atoms with Crippen molar-refractivity contribution in [2.75, 3.05) is 34.2 Å². The molecule has 0 saturated carbocycles. The number of pyridine rings is 1. The van der Waals surface area contributed by atoms with E-state index in [9.17, 15) is 16.8 Å². The highest BCUT2D eigenvalue weighted by atomic mass is 32.2. The summed E-state index contributed by atoms with van der Waals surface area (Å²) in [5, 5.41) is 0. The molecular weight excluding hydrogens is 474 g/mol. The second-order valence-corrected chi connectivity index (χ2v) is 11.9. The number of nitrogens with zero attached hydrogens (tertiary/aromatic N) is 4. The Morgan fingerprint density at radius 2 is 1.62 bits per heavy atom. The molecule has 0 aliphatic carbocycles. The van der Waals surface area contributed by atoms with Gasteiger partial charge in [0.1, 0.15) is 5.82 Å². The van der Waals surface area contributed by atoms with Gasteiger partial charge in [-0.1, -0.05) is 24.3 Å². The van der Waals surface area contributed by atoms with Crippen LogP contribution in [0, 0.1) is 0 Å². The third-order valence-electron chi connectivity index (χ3n) is 5.58. The lowest BCUT2D eigenvalue weighted by Crippen LogP contribution is -2.40. The number of hydrogen-bond donors (Lipinski definition) is 1. The Labute approximate surface area is 197 Å². The minimum atomic E-state index is -3.73. The Bertz CT molecular complexity index is 1560. The van der Waals surface area contributed by atoms with Crippen molar-refractivity contribution in [3.63, 3.8) is 0 Å².